The number of amides is 3. The molecule has 3 amide bonds. The number of thioether (sulfide) groups is 1. The first-order valence-electron chi connectivity index (χ1n) is 13.7. The molecule has 0 aromatic rings. The quantitative estimate of drug-likeness (QED) is 0.296. The van der Waals surface area contributed by atoms with Crippen molar-refractivity contribution in [1.29, 1.82) is 0 Å². The van der Waals surface area contributed by atoms with Crippen LogP contribution in [0.4, 0.5) is 0 Å². The average molecular weight is 549 g/mol. The molecule has 5 aliphatic rings. The summed E-state index contributed by atoms with van der Waals surface area (Å²) in [5.41, 5.74) is 0.0590. The molecule has 4 saturated heterocycles. The standard InChI is InChI=1S/C26H40N6O5S/c1-13-21-20(14(2)29-19(33)12-31-8-6-15-10-27-7-5-18(15)31)25(35)32(21)22(26(36)37)23(13)38-16-9-17(28-11-16)24(34)30(3)4/h13-18,20-21,27-28H,5-12H2,1-4H3,(H,29,33)(H,36,37)/t13-,14-,15?,16+,17+,18?,20-,21-/m1/s1. The fourth-order valence-electron chi connectivity index (χ4n) is 7.12. The van der Waals surface area contributed by atoms with Crippen molar-refractivity contribution in [2.45, 2.75) is 62.5 Å². The van der Waals surface area contributed by atoms with Gasteiger partial charge >= 0.3 is 5.97 Å². The lowest BCUT2D eigenvalue weighted by molar-refractivity contribution is -0.158. The van der Waals surface area contributed by atoms with Gasteiger partial charge in [-0.3, -0.25) is 19.3 Å². The first kappa shape index (κ1) is 27.4. The molecule has 5 aliphatic heterocycles. The molecule has 210 valence electrons. The molecule has 0 saturated carbocycles. The fourth-order valence-corrected chi connectivity index (χ4v) is 8.60. The molecule has 8 atom stereocenters. The van der Waals surface area contributed by atoms with E-state index in [2.05, 4.69) is 20.9 Å². The van der Waals surface area contributed by atoms with E-state index in [1.165, 1.54) is 16.7 Å². The van der Waals surface area contributed by atoms with Crippen LogP contribution in [0.2, 0.25) is 0 Å². The van der Waals surface area contributed by atoms with Crippen molar-refractivity contribution >= 4 is 35.5 Å². The summed E-state index contributed by atoms with van der Waals surface area (Å²) in [6, 6.07) is -0.529. The summed E-state index contributed by atoms with van der Waals surface area (Å²) in [6.07, 6.45) is 2.75. The number of nitrogens with zero attached hydrogens (tertiary/aromatic N) is 3. The van der Waals surface area contributed by atoms with Gasteiger partial charge in [0.15, 0.2) is 0 Å². The zero-order valence-corrected chi connectivity index (χ0v) is 23.4. The molecule has 0 aliphatic carbocycles. The first-order chi connectivity index (χ1) is 18.1. The van der Waals surface area contributed by atoms with E-state index in [0.29, 0.717) is 36.4 Å². The van der Waals surface area contributed by atoms with Crippen molar-refractivity contribution in [3.8, 4) is 0 Å². The monoisotopic (exact) mass is 548 g/mol. The number of nitrogens with one attached hydrogen (secondary N) is 3. The van der Waals surface area contributed by atoms with Crippen molar-refractivity contribution in [2.75, 3.05) is 46.8 Å². The van der Waals surface area contributed by atoms with Gasteiger partial charge in [0, 0.05) is 48.8 Å². The summed E-state index contributed by atoms with van der Waals surface area (Å²) in [5.74, 6) is -1.45. The highest BCUT2D eigenvalue weighted by Crippen LogP contribution is 2.51. The number of piperidine rings is 1. The van der Waals surface area contributed by atoms with Crippen molar-refractivity contribution < 1.29 is 24.3 Å². The average Bonchev–Trinajstić information content (AvgIpc) is 3.55. The van der Waals surface area contributed by atoms with Crippen molar-refractivity contribution in [3.05, 3.63) is 10.6 Å². The Labute approximate surface area is 228 Å². The van der Waals surface area contributed by atoms with Crippen LogP contribution in [0, 0.1) is 17.8 Å². The van der Waals surface area contributed by atoms with E-state index in [1.54, 1.807) is 19.0 Å². The predicted octanol–water partition coefficient (Wildman–Crippen LogP) is -0.500. The van der Waals surface area contributed by atoms with Gasteiger partial charge < -0.3 is 30.9 Å². The Morgan fingerprint density at radius 1 is 1.24 bits per heavy atom. The molecule has 11 nitrogen and oxygen atoms in total. The maximum absolute atomic E-state index is 13.2. The second kappa shape index (κ2) is 10.8. The minimum Gasteiger partial charge on any atom is -0.477 e. The topological polar surface area (TPSA) is 134 Å². The van der Waals surface area contributed by atoms with Gasteiger partial charge in [-0.2, -0.15) is 0 Å². The molecule has 0 aromatic carbocycles. The lowest BCUT2D eigenvalue weighted by Gasteiger charge is -2.47. The molecule has 12 heteroatoms. The third kappa shape index (κ3) is 4.84. The van der Waals surface area contributed by atoms with Crippen LogP contribution in [-0.4, -0.2) is 120 Å². The largest absolute Gasteiger partial charge is 0.477 e. The third-order valence-corrected chi connectivity index (χ3v) is 10.5. The summed E-state index contributed by atoms with van der Waals surface area (Å²) in [6.45, 7) is 7.65. The molecule has 2 unspecified atom stereocenters. The van der Waals surface area contributed by atoms with Crippen LogP contribution < -0.4 is 16.0 Å². The van der Waals surface area contributed by atoms with Crippen molar-refractivity contribution in [3.63, 3.8) is 0 Å². The van der Waals surface area contributed by atoms with Gasteiger partial charge in [-0.1, -0.05) is 6.92 Å². The van der Waals surface area contributed by atoms with Crippen LogP contribution in [0.3, 0.4) is 0 Å². The maximum Gasteiger partial charge on any atom is 0.353 e. The van der Waals surface area contributed by atoms with Gasteiger partial charge in [-0.25, -0.2) is 4.79 Å². The predicted molar refractivity (Wildman–Crippen MR) is 143 cm³/mol. The lowest BCUT2D eigenvalue weighted by atomic mass is 9.78. The Balaban J connectivity index is 1.21. The number of carbonyl (C=O) groups excluding carboxylic acids is 3. The zero-order valence-electron chi connectivity index (χ0n) is 22.6. The molecule has 4 fully saturated rings. The van der Waals surface area contributed by atoms with Gasteiger partial charge in [-0.15, -0.1) is 11.8 Å². The molecular weight excluding hydrogens is 508 g/mol. The number of fused-ring (bicyclic) bond motifs is 2. The van der Waals surface area contributed by atoms with Crippen molar-refractivity contribution in [1.82, 2.24) is 30.7 Å². The molecule has 0 radical (unpaired) electrons. The molecule has 0 spiro atoms. The number of carboxylic acid groups (broad SMARTS) is 1. The van der Waals surface area contributed by atoms with Crippen LogP contribution in [0.5, 0.6) is 0 Å². The zero-order chi connectivity index (χ0) is 27.3. The second-order valence-electron chi connectivity index (χ2n) is 11.6. The van der Waals surface area contributed by atoms with E-state index >= 15 is 0 Å². The SMILES string of the molecule is C[C@@H](NC(=O)CN1CCC2CNCCC21)[C@H]1C(=O)N2C(C(=O)O)=C(S[C@@H]3CN[C@H](C(=O)N(C)C)C3)[C@H](C)[C@H]12. The number of rotatable bonds is 8. The van der Waals surface area contributed by atoms with Gasteiger partial charge in [0.2, 0.25) is 17.7 Å². The summed E-state index contributed by atoms with van der Waals surface area (Å²) in [4.78, 5) is 56.8. The first-order valence-corrected chi connectivity index (χ1v) is 14.6. The minimum atomic E-state index is -1.11. The molecule has 0 aromatic heterocycles. The van der Waals surface area contributed by atoms with E-state index in [1.807, 2.05) is 13.8 Å². The Kier molecular flexibility index (Phi) is 7.78. The number of β-lactam (4-membered cyclic amide) rings is 1. The highest BCUT2D eigenvalue weighted by molar-refractivity contribution is 8.03. The van der Waals surface area contributed by atoms with Crippen LogP contribution >= 0.6 is 11.8 Å². The molecule has 5 heterocycles. The number of carbonyl (C=O) groups is 4. The van der Waals surface area contributed by atoms with E-state index in [-0.39, 0.29) is 52.7 Å². The summed E-state index contributed by atoms with van der Waals surface area (Å²) >= 11 is 1.47. The molecule has 5 rings (SSSR count). The fraction of sp³-hybridized carbons (Fsp3) is 0.769. The molecule has 4 N–H and O–H groups in total. The van der Waals surface area contributed by atoms with E-state index in [4.69, 9.17) is 0 Å². The third-order valence-electron chi connectivity index (χ3n) is 9.01. The Hall–Kier alpha value is -2.15. The number of carboxylic acids is 1. The van der Waals surface area contributed by atoms with Gasteiger partial charge in [0.25, 0.3) is 0 Å². The van der Waals surface area contributed by atoms with Crippen LogP contribution in [0.15, 0.2) is 10.6 Å². The van der Waals surface area contributed by atoms with Gasteiger partial charge in [0.1, 0.15) is 5.70 Å². The maximum atomic E-state index is 13.2. The number of aliphatic carboxylic acids is 1. The van der Waals surface area contributed by atoms with Crippen LogP contribution in [-0.2, 0) is 19.2 Å². The summed E-state index contributed by atoms with van der Waals surface area (Å²) in [5, 5.41) is 19.8. The lowest BCUT2D eigenvalue weighted by Crippen LogP contribution is -2.66. The summed E-state index contributed by atoms with van der Waals surface area (Å²) < 4.78 is 0. The highest BCUT2D eigenvalue weighted by Gasteiger charge is 2.60. The normalized spacial score (nSPS) is 35.5. The molecular formula is C26H40N6O5S. The minimum absolute atomic E-state index is 0.00763. The van der Waals surface area contributed by atoms with Crippen LogP contribution in [0.25, 0.3) is 0 Å². The number of likely N-dealkylation sites (N-methyl/N-ethyl adjacent to an activating group) is 1. The molecule has 38 heavy (non-hydrogen) atoms. The van der Waals surface area contributed by atoms with Crippen molar-refractivity contribution in [2.24, 2.45) is 17.8 Å². The second-order valence-corrected chi connectivity index (χ2v) is 13.0. The van der Waals surface area contributed by atoms with Crippen LogP contribution in [0.1, 0.15) is 33.1 Å². The number of likely N-dealkylation sites (tertiary alicyclic amines) is 1. The Morgan fingerprint density at radius 3 is 2.71 bits per heavy atom. The van der Waals surface area contributed by atoms with E-state index < -0.39 is 11.9 Å². The smallest absolute Gasteiger partial charge is 0.353 e. The summed E-state index contributed by atoms with van der Waals surface area (Å²) in [7, 11) is 3.45. The Bertz CT molecular complexity index is 1040. The number of hydrogen-bond acceptors (Lipinski definition) is 8. The molecule has 0 bridgehead atoms. The van der Waals surface area contributed by atoms with Gasteiger partial charge in [0.05, 0.1) is 24.5 Å². The number of hydrogen-bond donors (Lipinski definition) is 4. The van der Waals surface area contributed by atoms with E-state index in [9.17, 15) is 24.3 Å². The van der Waals surface area contributed by atoms with Gasteiger partial charge in [-0.05, 0) is 51.7 Å². The highest BCUT2D eigenvalue weighted by atomic mass is 32.2. The van der Waals surface area contributed by atoms with E-state index in [0.717, 1.165) is 32.5 Å². The Morgan fingerprint density at radius 2 is 2.00 bits per heavy atom.